The number of nitrogens with two attached hydrogens (primary N) is 1. The molecule has 1 rings (SSSR count). The first kappa shape index (κ1) is 14.2. The largest absolute Gasteiger partial charge is 0.375 e. The molecule has 0 aliphatic rings. The van der Waals surface area contributed by atoms with Crippen molar-refractivity contribution in [3.63, 3.8) is 0 Å². The van der Waals surface area contributed by atoms with E-state index in [4.69, 9.17) is 10.5 Å². The van der Waals surface area contributed by atoms with Gasteiger partial charge in [0.05, 0.1) is 6.54 Å². The number of methoxy groups -OCH3 is 1. The van der Waals surface area contributed by atoms with Crippen LogP contribution in [-0.4, -0.2) is 38.1 Å². The number of benzene rings is 1. The molecule has 0 bridgehead atoms. The number of ether oxygens (including phenoxy) is 1. The van der Waals surface area contributed by atoms with Crippen molar-refractivity contribution < 1.29 is 9.53 Å². The van der Waals surface area contributed by atoms with Crippen LogP contribution in [0.5, 0.6) is 0 Å². The molecular formula is C14H18N2O2. The molecule has 4 nitrogen and oxygen atoms in total. The van der Waals surface area contributed by atoms with Crippen molar-refractivity contribution in [1.82, 2.24) is 4.90 Å². The SMILES string of the molecule is COCC(=O)N(C)Cc1cccc(C#CCN)c1. The fourth-order valence-electron chi connectivity index (χ4n) is 1.50. The van der Waals surface area contributed by atoms with Crippen LogP contribution in [0.3, 0.4) is 0 Å². The van der Waals surface area contributed by atoms with Crippen molar-refractivity contribution >= 4 is 5.91 Å². The van der Waals surface area contributed by atoms with Crippen molar-refractivity contribution in [2.45, 2.75) is 6.54 Å². The topological polar surface area (TPSA) is 55.6 Å². The summed E-state index contributed by atoms with van der Waals surface area (Å²) in [7, 11) is 3.26. The van der Waals surface area contributed by atoms with Crippen LogP contribution >= 0.6 is 0 Å². The first-order valence-corrected chi connectivity index (χ1v) is 5.68. The zero-order valence-electron chi connectivity index (χ0n) is 10.8. The number of amides is 1. The Morgan fingerprint density at radius 1 is 1.50 bits per heavy atom. The molecule has 0 unspecified atom stereocenters. The number of carbonyl (C=O) groups is 1. The van der Waals surface area contributed by atoms with Gasteiger partial charge >= 0.3 is 0 Å². The molecule has 0 saturated carbocycles. The van der Waals surface area contributed by atoms with E-state index in [9.17, 15) is 4.79 Å². The Morgan fingerprint density at radius 3 is 2.94 bits per heavy atom. The minimum absolute atomic E-state index is 0.0454. The summed E-state index contributed by atoms with van der Waals surface area (Å²) in [6.07, 6.45) is 0. The maximum Gasteiger partial charge on any atom is 0.248 e. The zero-order valence-corrected chi connectivity index (χ0v) is 10.8. The highest BCUT2D eigenvalue weighted by molar-refractivity contribution is 5.77. The highest BCUT2D eigenvalue weighted by Crippen LogP contribution is 2.07. The van der Waals surface area contributed by atoms with Gasteiger partial charge in [0.15, 0.2) is 0 Å². The Hall–Kier alpha value is -1.83. The summed E-state index contributed by atoms with van der Waals surface area (Å²) in [4.78, 5) is 13.2. The molecular weight excluding hydrogens is 228 g/mol. The second-order valence-electron chi connectivity index (χ2n) is 3.89. The highest BCUT2D eigenvalue weighted by atomic mass is 16.5. The first-order chi connectivity index (χ1) is 8.67. The Balaban J connectivity index is 2.70. The van der Waals surface area contributed by atoms with Gasteiger partial charge in [0.2, 0.25) is 5.91 Å². The predicted molar refractivity (Wildman–Crippen MR) is 70.7 cm³/mol. The van der Waals surface area contributed by atoms with Gasteiger partial charge in [-0.1, -0.05) is 24.0 Å². The quantitative estimate of drug-likeness (QED) is 0.792. The lowest BCUT2D eigenvalue weighted by Gasteiger charge is -2.16. The lowest BCUT2D eigenvalue weighted by Crippen LogP contribution is -2.29. The number of likely N-dealkylation sites (N-methyl/N-ethyl adjacent to an activating group) is 1. The number of carbonyl (C=O) groups excluding carboxylic acids is 1. The monoisotopic (exact) mass is 246 g/mol. The fourth-order valence-corrected chi connectivity index (χ4v) is 1.50. The normalized spacial score (nSPS) is 9.50. The summed E-state index contributed by atoms with van der Waals surface area (Å²) in [5.74, 6) is 5.73. The van der Waals surface area contributed by atoms with Crippen molar-refractivity contribution in [1.29, 1.82) is 0 Å². The van der Waals surface area contributed by atoms with Crippen LogP contribution in [0.15, 0.2) is 24.3 Å². The maximum absolute atomic E-state index is 11.6. The van der Waals surface area contributed by atoms with Crippen LogP contribution in [0, 0.1) is 11.8 Å². The minimum atomic E-state index is -0.0454. The van der Waals surface area contributed by atoms with Crippen molar-refractivity contribution in [3.8, 4) is 11.8 Å². The number of nitrogens with zero attached hydrogens (tertiary/aromatic N) is 1. The van der Waals surface area contributed by atoms with Gasteiger partial charge in [-0.05, 0) is 17.7 Å². The van der Waals surface area contributed by atoms with E-state index in [2.05, 4.69) is 11.8 Å². The molecule has 1 aromatic carbocycles. The Bertz CT molecular complexity index is 460. The van der Waals surface area contributed by atoms with Crippen LogP contribution < -0.4 is 5.73 Å². The third-order valence-corrected chi connectivity index (χ3v) is 2.38. The first-order valence-electron chi connectivity index (χ1n) is 5.68. The van der Waals surface area contributed by atoms with Crippen LogP contribution in [0.4, 0.5) is 0 Å². The third-order valence-electron chi connectivity index (χ3n) is 2.38. The van der Waals surface area contributed by atoms with Gasteiger partial charge in [0, 0.05) is 26.3 Å². The van der Waals surface area contributed by atoms with E-state index in [0.717, 1.165) is 11.1 Å². The van der Waals surface area contributed by atoms with Crippen molar-refractivity contribution in [2.75, 3.05) is 27.3 Å². The molecule has 0 atom stereocenters. The second kappa shape index (κ2) is 7.49. The summed E-state index contributed by atoms with van der Waals surface area (Å²) in [5, 5.41) is 0. The highest BCUT2D eigenvalue weighted by Gasteiger charge is 2.08. The van der Waals surface area contributed by atoms with E-state index in [-0.39, 0.29) is 12.5 Å². The van der Waals surface area contributed by atoms with Crippen LogP contribution in [0.25, 0.3) is 0 Å². The van der Waals surface area contributed by atoms with Gasteiger partial charge in [-0.3, -0.25) is 4.79 Å². The van der Waals surface area contributed by atoms with Gasteiger partial charge in [0.1, 0.15) is 6.61 Å². The molecule has 0 radical (unpaired) electrons. The van der Waals surface area contributed by atoms with E-state index in [0.29, 0.717) is 13.1 Å². The Morgan fingerprint density at radius 2 is 2.28 bits per heavy atom. The van der Waals surface area contributed by atoms with Gasteiger partial charge < -0.3 is 15.4 Å². The van der Waals surface area contributed by atoms with Gasteiger partial charge in [-0.25, -0.2) is 0 Å². The molecule has 18 heavy (non-hydrogen) atoms. The predicted octanol–water partition coefficient (Wildman–Crippen LogP) is 0.602. The van der Waals surface area contributed by atoms with Gasteiger partial charge in [0.25, 0.3) is 0 Å². The summed E-state index contributed by atoms with van der Waals surface area (Å²) in [6.45, 7) is 0.986. The van der Waals surface area contributed by atoms with Crippen molar-refractivity contribution in [2.24, 2.45) is 5.73 Å². The zero-order chi connectivity index (χ0) is 13.4. The molecule has 1 aromatic rings. The van der Waals surface area contributed by atoms with Crippen LogP contribution in [-0.2, 0) is 16.1 Å². The summed E-state index contributed by atoms with van der Waals surface area (Å²) in [6, 6.07) is 7.76. The standard InChI is InChI=1S/C14H18N2O2/c1-16(14(17)11-18-2)10-13-6-3-5-12(9-13)7-4-8-15/h3,5-6,9H,8,10-11,15H2,1-2H3. The molecule has 0 aliphatic carbocycles. The summed E-state index contributed by atoms with van der Waals surface area (Å²) < 4.78 is 4.81. The Kier molecular flexibility index (Phi) is 5.92. The van der Waals surface area contributed by atoms with E-state index >= 15 is 0 Å². The van der Waals surface area contributed by atoms with Crippen molar-refractivity contribution in [3.05, 3.63) is 35.4 Å². The van der Waals surface area contributed by atoms with E-state index in [1.54, 1.807) is 11.9 Å². The third kappa shape index (κ3) is 4.58. The summed E-state index contributed by atoms with van der Waals surface area (Å²) >= 11 is 0. The van der Waals surface area contributed by atoms with Crippen LogP contribution in [0.1, 0.15) is 11.1 Å². The van der Waals surface area contributed by atoms with E-state index in [1.165, 1.54) is 7.11 Å². The molecule has 0 heterocycles. The molecule has 0 aliphatic heterocycles. The van der Waals surface area contributed by atoms with Crippen LogP contribution in [0.2, 0.25) is 0 Å². The number of rotatable bonds is 4. The van der Waals surface area contributed by atoms with Gasteiger partial charge in [-0.2, -0.15) is 0 Å². The van der Waals surface area contributed by atoms with E-state index < -0.39 is 0 Å². The molecule has 96 valence electrons. The maximum atomic E-state index is 11.6. The molecule has 1 amide bonds. The lowest BCUT2D eigenvalue weighted by molar-refractivity contribution is -0.134. The minimum Gasteiger partial charge on any atom is -0.375 e. The number of hydrogen-bond donors (Lipinski definition) is 1. The molecule has 2 N–H and O–H groups in total. The molecule has 4 heteroatoms. The van der Waals surface area contributed by atoms with Gasteiger partial charge in [-0.15, -0.1) is 0 Å². The smallest absolute Gasteiger partial charge is 0.248 e. The second-order valence-corrected chi connectivity index (χ2v) is 3.89. The van der Waals surface area contributed by atoms with E-state index in [1.807, 2.05) is 24.3 Å². The molecule has 0 spiro atoms. The molecule has 0 saturated heterocycles. The average Bonchev–Trinajstić information content (AvgIpc) is 2.37. The number of hydrogen-bond acceptors (Lipinski definition) is 3. The lowest BCUT2D eigenvalue weighted by atomic mass is 10.1. The molecule has 0 aromatic heterocycles. The average molecular weight is 246 g/mol. The molecule has 0 fully saturated rings. The fraction of sp³-hybridized carbons (Fsp3) is 0.357. The summed E-state index contributed by atoms with van der Waals surface area (Å²) in [5.41, 5.74) is 7.27. The Labute approximate surface area is 108 Å².